The molecule has 1 aromatic rings. The molecule has 0 radical (unpaired) electrons. The summed E-state index contributed by atoms with van der Waals surface area (Å²) in [6.07, 6.45) is 0.997. The molecule has 17 heavy (non-hydrogen) atoms. The van der Waals surface area contributed by atoms with Gasteiger partial charge in [-0.1, -0.05) is 18.3 Å². The van der Waals surface area contributed by atoms with Crippen molar-refractivity contribution in [2.45, 2.75) is 26.4 Å². The van der Waals surface area contributed by atoms with Gasteiger partial charge in [-0.15, -0.1) is 10.2 Å². The number of aromatic nitrogens is 2. The maximum Gasteiger partial charge on any atom is 0.282 e. The van der Waals surface area contributed by atoms with Crippen LogP contribution in [0.5, 0.6) is 0 Å². The minimum Gasteiger partial charge on any atom is -0.380 e. The Balaban J connectivity index is 2.43. The van der Waals surface area contributed by atoms with Gasteiger partial charge in [-0.05, 0) is 13.3 Å². The van der Waals surface area contributed by atoms with Gasteiger partial charge in [-0.25, -0.2) is 0 Å². The molecule has 1 unspecified atom stereocenters. The van der Waals surface area contributed by atoms with E-state index in [0.717, 1.165) is 13.0 Å². The van der Waals surface area contributed by atoms with Crippen LogP contribution in [0.15, 0.2) is 0 Å². The number of hydrogen-bond donors (Lipinski definition) is 2. The van der Waals surface area contributed by atoms with E-state index in [1.165, 1.54) is 11.3 Å². The second-order valence-corrected chi connectivity index (χ2v) is 4.57. The fourth-order valence-corrected chi connectivity index (χ4v) is 1.70. The molecule has 0 spiro atoms. The van der Waals surface area contributed by atoms with E-state index in [2.05, 4.69) is 27.8 Å². The van der Waals surface area contributed by atoms with Gasteiger partial charge in [0.15, 0.2) is 0 Å². The first kappa shape index (κ1) is 13.9. The van der Waals surface area contributed by atoms with Crippen molar-refractivity contribution >= 4 is 22.4 Å². The van der Waals surface area contributed by atoms with Crippen LogP contribution < -0.4 is 10.6 Å². The van der Waals surface area contributed by atoms with Crippen LogP contribution in [-0.4, -0.2) is 42.4 Å². The highest BCUT2D eigenvalue weighted by Crippen LogP contribution is 2.14. The summed E-state index contributed by atoms with van der Waals surface area (Å²) in [6.45, 7) is 5.24. The lowest BCUT2D eigenvalue weighted by Crippen LogP contribution is -2.31. The highest BCUT2D eigenvalue weighted by Gasteiger charge is 2.13. The highest BCUT2D eigenvalue weighted by atomic mass is 32.1. The number of anilines is 1. The normalized spacial score (nSPS) is 12.2. The van der Waals surface area contributed by atoms with Gasteiger partial charge in [0.25, 0.3) is 5.91 Å². The molecule has 1 atom stereocenters. The summed E-state index contributed by atoms with van der Waals surface area (Å²) in [5.74, 6) is -0.212. The summed E-state index contributed by atoms with van der Waals surface area (Å²) >= 11 is 1.25. The third-order valence-corrected chi connectivity index (χ3v) is 2.98. The van der Waals surface area contributed by atoms with E-state index in [1.807, 2.05) is 6.92 Å². The van der Waals surface area contributed by atoms with Crippen molar-refractivity contribution in [3.63, 3.8) is 0 Å². The first-order valence-corrected chi connectivity index (χ1v) is 6.37. The molecule has 0 saturated heterocycles. The van der Waals surface area contributed by atoms with Crippen LogP contribution in [0.3, 0.4) is 0 Å². The molecule has 0 saturated carbocycles. The zero-order valence-corrected chi connectivity index (χ0v) is 11.1. The van der Waals surface area contributed by atoms with Crippen molar-refractivity contribution in [2.75, 3.05) is 25.5 Å². The zero-order chi connectivity index (χ0) is 12.7. The number of hydrogen-bond acceptors (Lipinski definition) is 6. The van der Waals surface area contributed by atoms with Gasteiger partial charge < -0.3 is 15.4 Å². The van der Waals surface area contributed by atoms with Crippen molar-refractivity contribution in [3.05, 3.63) is 5.01 Å². The number of nitrogens with zero attached hydrogens (tertiary/aromatic N) is 2. The molecule has 0 aliphatic rings. The Labute approximate surface area is 105 Å². The fraction of sp³-hybridized carbons (Fsp3) is 0.700. The van der Waals surface area contributed by atoms with Gasteiger partial charge in [0.2, 0.25) is 10.1 Å². The first-order valence-electron chi connectivity index (χ1n) is 5.55. The first-order chi connectivity index (χ1) is 8.17. The molecule has 7 heteroatoms. The lowest BCUT2D eigenvalue weighted by atomic mass is 10.4. The summed E-state index contributed by atoms with van der Waals surface area (Å²) in [6, 6.07) is 0. The molecule has 1 rings (SSSR count). The predicted molar refractivity (Wildman–Crippen MR) is 67.5 cm³/mol. The van der Waals surface area contributed by atoms with Crippen LogP contribution in [0.4, 0.5) is 5.13 Å². The van der Waals surface area contributed by atoms with E-state index in [0.29, 0.717) is 16.7 Å². The molecule has 0 aliphatic heterocycles. The molecular weight excluding hydrogens is 240 g/mol. The van der Waals surface area contributed by atoms with Gasteiger partial charge in [0.1, 0.15) is 0 Å². The Morgan fingerprint density at radius 1 is 1.53 bits per heavy atom. The number of nitrogens with one attached hydrogen (secondary N) is 2. The molecule has 1 amide bonds. The van der Waals surface area contributed by atoms with Crippen LogP contribution in [0, 0.1) is 0 Å². The van der Waals surface area contributed by atoms with Crippen molar-refractivity contribution in [1.82, 2.24) is 15.5 Å². The van der Waals surface area contributed by atoms with Crippen LogP contribution in [0.1, 0.15) is 30.1 Å². The van der Waals surface area contributed by atoms with E-state index < -0.39 is 0 Å². The number of carbonyl (C=O) groups excluding carboxylic acids is 1. The van der Waals surface area contributed by atoms with E-state index >= 15 is 0 Å². The molecule has 1 heterocycles. The lowest BCUT2D eigenvalue weighted by molar-refractivity contribution is 0.0869. The number of rotatable bonds is 7. The number of methoxy groups -OCH3 is 1. The standard InChI is InChI=1S/C10H18N4O2S/c1-4-5-11-10-14-13-9(17-10)8(15)12-6-7(2)16-3/h7H,4-6H2,1-3H3,(H,11,14)(H,12,15). The van der Waals surface area contributed by atoms with Crippen molar-refractivity contribution in [1.29, 1.82) is 0 Å². The molecule has 0 aromatic carbocycles. The topological polar surface area (TPSA) is 76.1 Å². The largest absolute Gasteiger partial charge is 0.380 e. The maximum absolute atomic E-state index is 11.7. The Hall–Kier alpha value is -1.21. The molecule has 1 aromatic heterocycles. The Kier molecular flexibility index (Phi) is 5.85. The SMILES string of the molecule is CCCNc1nnc(C(=O)NCC(C)OC)s1. The average Bonchev–Trinajstić information content (AvgIpc) is 2.81. The van der Waals surface area contributed by atoms with Gasteiger partial charge in [-0.2, -0.15) is 0 Å². The summed E-state index contributed by atoms with van der Waals surface area (Å²) in [5.41, 5.74) is 0. The molecule has 2 N–H and O–H groups in total. The number of carbonyl (C=O) groups is 1. The molecule has 6 nitrogen and oxygen atoms in total. The second-order valence-electron chi connectivity index (χ2n) is 3.60. The predicted octanol–water partition coefficient (Wildman–Crippen LogP) is 1.12. The zero-order valence-electron chi connectivity index (χ0n) is 10.3. The van der Waals surface area contributed by atoms with Gasteiger partial charge in [0, 0.05) is 20.2 Å². The van der Waals surface area contributed by atoms with E-state index in [-0.39, 0.29) is 12.0 Å². The quantitative estimate of drug-likeness (QED) is 0.766. The van der Waals surface area contributed by atoms with Gasteiger partial charge >= 0.3 is 0 Å². The Morgan fingerprint density at radius 3 is 2.94 bits per heavy atom. The second kappa shape index (κ2) is 7.18. The van der Waals surface area contributed by atoms with Crippen molar-refractivity contribution in [3.8, 4) is 0 Å². The molecule has 0 bridgehead atoms. The Bertz CT molecular complexity index is 356. The maximum atomic E-state index is 11.7. The highest BCUT2D eigenvalue weighted by molar-refractivity contribution is 7.17. The van der Waals surface area contributed by atoms with Crippen molar-refractivity contribution < 1.29 is 9.53 Å². The summed E-state index contributed by atoms with van der Waals surface area (Å²) in [7, 11) is 1.61. The smallest absolute Gasteiger partial charge is 0.282 e. The van der Waals surface area contributed by atoms with Gasteiger partial charge in [0.05, 0.1) is 6.10 Å². The minimum atomic E-state index is -0.212. The van der Waals surface area contributed by atoms with Gasteiger partial charge in [-0.3, -0.25) is 4.79 Å². The van der Waals surface area contributed by atoms with E-state index in [4.69, 9.17) is 4.74 Å². The van der Waals surface area contributed by atoms with E-state index in [9.17, 15) is 4.79 Å². The monoisotopic (exact) mass is 258 g/mol. The molecule has 96 valence electrons. The van der Waals surface area contributed by atoms with E-state index in [1.54, 1.807) is 7.11 Å². The fourth-order valence-electron chi connectivity index (χ4n) is 1.01. The van der Waals surface area contributed by atoms with Crippen LogP contribution in [0.2, 0.25) is 0 Å². The summed E-state index contributed by atoms with van der Waals surface area (Å²) in [5, 5.41) is 14.6. The minimum absolute atomic E-state index is 0.00967. The van der Waals surface area contributed by atoms with Crippen LogP contribution >= 0.6 is 11.3 Å². The number of ether oxygens (including phenoxy) is 1. The third-order valence-electron chi connectivity index (χ3n) is 2.10. The third kappa shape index (κ3) is 4.66. The molecular formula is C10H18N4O2S. The summed E-state index contributed by atoms with van der Waals surface area (Å²) < 4.78 is 5.04. The Morgan fingerprint density at radius 2 is 2.29 bits per heavy atom. The van der Waals surface area contributed by atoms with Crippen LogP contribution in [0.25, 0.3) is 0 Å². The summed E-state index contributed by atoms with van der Waals surface area (Å²) in [4.78, 5) is 11.7. The molecule has 0 aliphatic carbocycles. The lowest BCUT2D eigenvalue weighted by Gasteiger charge is -2.08. The average molecular weight is 258 g/mol. The van der Waals surface area contributed by atoms with Crippen molar-refractivity contribution in [2.24, 2.45) is 0 Å². The van der Waals surface area contributed by atoms with Crippen LogP contribution in [-0.2, 0) is 4.74 Å². The molecule has 0 fully saturated rings. The number of amides is 1.